The first-order chi connectivity index (χ1) is 25.7. The van der Waals surface area contributed by atoms with E-state index >= 15 is 0 Å². The molecule has 0 aromatic rings. The normalized spacial score (nSPS) is 14.4. The van der Waals surface area contributed by atoms with E-state index in [1.807, 2.05) is 27.7 Å². The molecule has 0 aliphatic heterocycles. The number of hydrogen-bond acceptors (Lipinski definition) is 10. The van der Waals surface area contributed by atoms with E-state index in [1.165, 1.54) is 0 Å². The third-order valence-electron chi connectivity index (χ3n) is 8.38. The summed E-state index contributed by atoms with van der Waals surface area (Å²) in [7, 11) is 0. The van der Waals surface area contributed by atoms with E-state index < -0.39 is 58.4 Å². The van der Waals surface area contributed by atoms with E-state index in [2.05, 4.69) is 33.5 Å². The predicted molar refractivity (Wildman–Crippen MR) is 218 cm³/mol. The molecular weight excluding hydrogens is 722 g/mol. The minimum absolute atomic E-state index is 0.208. The quantitative estimate of drug-likeness (QED) is 0.0473. The Labute approximate surface area is 337 Å². The molecule has 3 atom stereocenters. The van der Waals surface area contributed by atoms with Crippen molar-refractivity contribution >= 4 is 30.1 Å². The average molecular weight is 802 g/mol. The maximum absolute atomic E-state index is 13.4. The first-order valence-corrected chi connectivity index (χ1v) is 20.5. The fraction of sp³-hybridized carbons (Fsp3) is 0.878. The van der Waals surface area contributed by atoms with Crippen LogP contribution < -0.4 is 26.6 Å². The predicted octanol–water partition coefficient (Wildman–Crippen LogP) is 7.04. The highest BCUT2D eigenvalue weighted by Gasteiger charge is 2.30. The average Bonchev–Trinajstić information content (AvgIpc) is 3.03. The number of carbonyl (C=O) groups excluding carboxylic acids is 5. The summed E-state index contributed by atoms with van der Waals surface area (Å²) in [4.78, 5) is 63.4. The van der Waals surface area contributed by atoms with Crippen molar-refractivity contribution in [2.24, 2.45) is 0 Å². The van der Waals surface area contributed by atoms with Crippen molar-refractivity contribution < 1.29 is 47.7 Å². The Hall–Kier alpha value is -3.33. The van der Waals surface area contributed by atoms with Crippen LogP contribution in [-0.2, 0) is 33.3 Å². The van der Waals surface area contributed by atoms with Crippen molar-refractivity contribution in [3.8, 4) is 0 Å². The minimum atomic E-state index is -0.857. The van der Waals surface area contributed by atoms with Gasteiger partial charge in [0.25, 0.3) is 0 Å². The van der Waals surface area contributed by atoms with Crippen LogP contribution in [0.4, 0.5) is 14.4 Å². The summed E-state index contributed by atoms with van der Waals surface area (Å²) in [5, 5.41) is 14.0. The molecule has 0 aromatic carbocycles. The van der Waals surface area contributed by atoms with Gasteiger partial charge in [-0.25, -0.2) is 14.4 Å². The van der Waals surface area contributed by atoms with Crippen molar-refractivity contribution in [1.82, 2.24) is 26.6 Å². The molecule has 0 heterocycles. The largest absolute Gasteiger partial charge is 0.444 e. The molecule has 15 nitrogen and oxygen atoms in total. The van der Waals surface area contributed by atoms with Gasteiger partial charge in [0.05, 0.1) is 24.4 Å². The maximum atomic E-state index is 13.4. The molecule has 328 valence electrons. The molecule has 3 unspecified atom stereocenters. The zero-order valence-electron chi connectivity index (χ0n) is 37.3. The molecular formula is C41H79N5O10. The van der Waals surface area contributed by atoms with Gasteiger partial charge in [0.15, 0.2) is 0 Å². The van der Waals surface area contributed by atoms with Crippen LogP contribution in [0.3, 0.4) is 0 Å². The number of rotatable bonds is 25. The molecule has 0 aliphatic rings. The van der Waals surface area contributed by atoms with Gasteiger partial charge in [-0.3, -0.25) is 9.59 Å². The number of amides is 5. The molecule has 0 rings (SSSR count). The van der Waals surface area contributed by atoms with Crippen LogP contribution in [0.2, 0.25) is 0 Å². The number of unbranched alkanes of at least 4 members (excludes halogenated alkanes) is 4. The Morgan fingerprint density at radius 2 is 1.00 bits per heavy atom. The van der Waals surface area contributed by atoms with Gasteiger partial charge in [-0.2, -0.15) is 0 Å². The van der Waals surface area contributed by atoms with Crippen molar-refractivity contribution in [2.45, 2.75) is 201 Å². The molecule has 0 saturated carbocycles. The minimum Gasteiger partial charge on any atom is -0.444 e. The fourth-order valence-corrected chi connectivity index (χ4v) is 5.11. The molecule has 0 aliphatic carbocycles. The Balaban J connectivity index is 5.07. The molecule has 0 fully saturated rings. The van der Waals surface area contributed by atoms with Crippen molar-refractivity contribution in [3.05, 3.63) is 0 Å². The van der Waals surface area contributed by atoms with Gasteiger partial charge >= 0.3 is 18.3 Å². The topological polar surface area (TPSA) is 192 Å². The lowest BCUT2D eigenvalue weighted by atomic mass is 10.0. The maximum Gasteiger partial charge on any atom is 0.408 e. The van der Waals surface area contributed by atoms with E-state index in [0.717, 1.165) is 25.7 Å². The molecule has 0 saturated heterocycles. The van der Waals surface area contributed by atoms with Crippen molar-refractivity contribution in [2.75, 3.05) is 32.8 Å². The van der Waals surface area contributed by atoms with Gasteiger partial charge in [-0.15, -0.1) is 0 Å². The standard InChI is InChI=1S/C41H79N5O10/c1-15-17-18-19-22-30(45-35(50)55-38(6,7)8)32(47)42-26-28-52-40(12,13)24-27-53-41(14,16-2)29-44-33(48)31(46-36(51)56-39(9,10)11)23-20-21-25-43-34(49)54-37(3,4)5/h30-31H,15-29H2,1-14H3,(H,42,47)(H,43,49)(H,44,48)(H,45,50)(H,46,51). The second-order valence-electron chi connectivity index (χ2n) is 18.2. The SMILES string of the molecule is CCCCCCC(NC(=O)OC(C)(C)C)C(=O)NCCOC(C)(C)CCOC(C)(CC)CNC(=O)C(CCCCNC(=O)OC(C)(C)C)NC(=O)OC(C)(C)C. The second-order valence-corrected chi connectivity index (χ2v) is 18.2. The van der Waals surface area contributed by atoms with Crippen LogP contribution in [0, 0.1) is 0 Å². The van der Waals surface area contributed by atoms with E-state index in [1.54, 1.807) is 62.3 Å². The van der Waals surface area contributed by atoms with Crippen LogP contribution in [0.5, 0.6) is 0 Å². The second kappa shape index (κ2) is 25.1. The van der Waals surface area contributed by atoms with Crippen LogP contribution in [0.25, 0.3) is 0 Å². The lowest BCUT2D eigenvalue weighted by Crippen LogP contribution is -2.51. The number of ether oxygens (including phenoxy) is 5. The summed E-state index contributed by atoms with van der Waals surface area (Å²) in [5.41, 5.74) is -3.28. The monoisotopic (exact) mass is 802 g/mol. The molecule has 5 N–H and O–H groups in total. The fourth-order valence-electron chi connectivity index (χ4n) is 5.11. The van der Waals surface area contributed by atoms with E-state index in [0.29, 0.717) is 51.7 Å². The zero-order valence-corrected chi connectivity index (χ0v) is 37.3. The zero-order chi connectivity index (χ0) is 43.2. The number of hydrogen-bond donors (Lipinski definition) is 5. The molecule has 0 spiro atoms. The van der Waals surface area contributed by atoms with Gasteiger partial charge in [0.2, 0.25) is 11.8 Å². The van der Waals surface area contributed by atoms with E-state index in [-0.39, 0.29) is 31.5 Å². The van der Waals surface area contributed by atoms with Crippen LogP contribution in [0.15, 0.2) is 0 Å². The van der Waals surface area contributed by atoms with Gasteiger partial charge in [0, 0.05) is 19.6 Å². The molecule has 56 heavy (non-hydrogen) atoms. The van der Waals surface area contributed by atoms with Crippen LogP contribution in [0.1, 0.15) is 161 Å². The Morgan fingerprint density at radius 3 is 1.48 bits per heavy atom. The van der Waals surface area contributed by atoms with Crippen LogP contribution in [-0.4, -0.2) is 103 Å². The summed E-state index contributed by atoms with van der Waals surface area (Å²) < 4.78 is 28.4. The number of carbonyl (C=O) groups is 5. The number of nitrogens with one attached hydrogen (secondary N) is 5. The van der Waals surface area contributed by atoms with Gasteiger partial charge in [-0.05, 0) is 122 Å². The highest BCUT2D eigenvalue weighted by molar-refractivity contribution is 5.86. The van der Waals surface area contributed by atoms with Gasteiger partial charge in [-0.1, -0.05) is 39.5 Å². The van der Waals surface area contributed by atoms with E-state index in [4.69, 9.17) is 23.7 Å². The Morgan fingerprint density at radius 1 is 0.518 bits per heavy atom. The number of alkyl carbamates (subject to hydrolysis) is 3. The summed E-state index contributed by atoms with van der Waals surface area (Å²) in [5.74, 6) is -0.647. The lowest BCUT2D eigenvalue weighted by Gasteiger charge is -2.32. The van der Waals surface area contributed by atoms with Crippen molar-refractivity contribution in [3.63, 3.8) is 0 Å². The smallest absolute Gasteiger partial charge is 0.408 e. The van der Waals surface area contributed by atoms with E-state index in [9.17, 15) is 24.0 Å². The molecule has 15 heteroatoms. The van der Waals surface area contributed by atoms with Crippen molar-refractivity contribution in [1.29, 1.82) is 0 Å². The lowest BCUT2D eigenvalue weighted by molar-refractivity contribution is -0.126. The highest BCUT2D eigenvalue weighted by atomic mass is 16.6. The van der Waals surface area contributed by atoms with Gasteiger partial charge < -0.3 is 50.3 Å². The third kappa shape index (κ3) is 28.1. The highest BCUT2D eigenvalue weighted by Crippen LogP contribution is 2.20. The summed E-state index contributed by atoms with van der Waals surface area (Å²) in [6.45, 7) is 27.3. The third-order valence-corrected chi connectivity index (χ3v) is 8.38. The first kappa shape index (κ1) is 52.7. The summed E-state index contributed by atoms with van der Waals surface area (Å²) in [6, 6.07) is -1.56. The molecule has 0 aromatic heterocycles. The van der Waals surface area contributed by atoms with Gasteiger partial charge in [0.1, 0.15) is 28.9 Å². The molecule has 5 amide bonds. The molecule has 0 radical (unpaired) electrons. The first-order valence-electron chi connectivity index (χ1n) is 20.5. The Bertz CT molecular complexity index is 1190. The summed E-state index contributed by atoms with van der Waals surface area (Å²) in [6.07, 6.45) is 5.21. The Kier molecular flexibility index (Phi) is 23.6. The van der Waals surface area contributed by atoms with Crippen LogP contribution >= 0.6 is 0 Å². The summed E-state index contributed by atoms with van der Waals surface area (Å²) >= 11 is 0. The molecule has 0 bridgehead atoms.